The molecule has 1 amide bonds. The molecule has 3 rings (SSSR count). The van der Waals surface area contributed by atoms with Gasteiger partial charge < -0.3 is 10.1 Å². The van der Waals surface area contributed by atoms with E-state index >= 15 is 0 Å². The van der Waals surface area contributed by atoms with Gasteiger partial charge in [0.1, 0.15) is 0 Å². The van der Waals surface area contributed by atoms with Crippen molar-refractivity contribution in [3.63, 3.8) is 0 Å². The Morgan fingerprint density at radius 3 is 3.04 bits per heavy atom. The average Bonchev–Trinajstić information content (AvgIpc) is 2.89. The molecule has 0 spiro atoms. The second-order valence-corrected chi connectivity index (χ2v) is 6.54. The third-order valence-electron chi connectivity index (χ3n) is 4.22. The van der Waals surface area contributed by atoms with Gasteiger partial charge in [0.15, 0.2) is 11.6 Å². The number of aromatic nitrogens is 2. The summed E-state index contributed by atoms with van der Waals surface area (Å²) in [7, 11) is 0. The summed E-state index contributed by atoms with van der Waals surface area (Å²) >= 11 is 0. The predicted molar refractivity (Wildman–Crippen MR) is 88.5 cm³/mol. The highest BCUT2D eigenvalue weighted by Crippen LogP contribution is 2.34. The first-order valence-corrected chi connectivity index (χ1v) is 8.22. The molecular formula is C18H22FN3O2. The molecule has 6 heteroatoms. The molecular weight excluding hydrogens is 309 g/mol. The molecule has 1 aliphatic rings. The van der Waals surface area contributed by atoms with E-state index in [0.29, 0.717) is 30.1 Å². The lowest BCUT2D eigenvalue weighted by molar-refractivity contribution is 0.0923. The Labute approximate surface area is 140 Å². The molecule has 2 aromatic rings. The van der Waals surface area contributed by atoms with Crippen LogP contribution in [0.4, 0.5) is 4.39 Å². The largest absolute Gasteiger partial charge is 0.490 e. The van der Waals surface area contributed by atoms with E-state index in [-0.39, 0.29) is 17.7 Å². The Morgan fingerprint density at radius 2 is 2.29 bits per heavy atom. The van der Waals surface area contributed by atoms with Crippen LogP contribution in [0.5, 0.6) is 5.75 Å². The monoisotopic (exact) mass is 331 g/mol. The maximum Gasteiger partial charge on any atom is 0.255 e. The number of benzene rings is 1. The van der Waals surface area contributed by atoms with Gasteiger partial charge in [-0.3, -0.25) is 9.48 Å². The molecule has 0 bridgehead atoms. The van der Waals surface area contributed by atoms with Crippen LogP contribution in [0.15, 0.2) is 24.4 Å². The van der Waals surface area contributed by atoms with Crippen LogP contribution in [0.3, 0.4) is 0 Å². The molecule has 1 aromatic heterocycles. The molecule has 128 valence electrons. The standard InChI is InChI=1S/C18H22FN3O2/c1-11(2)10-22-12(3)14(9-20-22)18(23)21-16-7-8-24-17-13(16)5-4-6-15(17)19/h4-6,9,11,16H,7-8,10H2,1-3H3,(H,21,23). The van der Waals surface area contributed by atoms with Crippen molar-refractivity contribution < 1.29 is 13.9 Å². The molecule has 1 N–H and O–H groups in total. The number of para-hydroxylation sites is 1. The summed E-state index contributed by atoms with van der Waals surface area (Å²) in [6.45, 7) is 7.25. The Bertz CT molecular complexity index is 755. The van der Waals surface area contributed by atoms with E-state index < -0.39 is 5.82 Å². The fourth-order valence-electron chi connectivity index (χ4n) is 2.97. The second kappa shape index (κ2) is 6.63. The Balaban J connectivity index is 1.80. The minimum atomic E-state index is -0.396. The minimum Gasteiger partial charge on any atom is -0.490 e. The SMILES string of the molecule is Cc1c(C(=O)NC2CCOc3c(F)cccc32)cnn1CC(C)C. The number of nitrogens with zero attached hydrogens (tertiary/aromatic N) is 2. The first-order chi connectivity index (χ1) is 11.5. The molecule has 0 fully saturated rings. The van der Waals surface area contributed by atoms with Gasteiger partial charge in [-0.05, 0) is 18.9 Å². The highest BCUT2D eigenvalue weighted by Gasteiger charge is 2.26. The minimum absolute atomic E-state index is 0.190. The summed E-state index contributed by atoms with van der Waals surface area (Å²) in [5.41, 5.74) is 2.08. The molecule has 1 aliphatic heterocycles. The topological polar surface area (TPSA) is 56.1 Å². The van der Waals surface area contributed by atoms with Crippen LogP contribution in [0.1, 0.15) is 47.9 Å². The van der Waals surface area contributed by atoms with Gasteiger partial charge in [-0.25, -0.2) is 4.39 Å². The van der Waals surface area contributed by atoms with E-state index in [1.807, 2.05) is 11.6 Å². The number of ether oxygens (including phenoxy) is 1. The number of hydrogen-bond acceptors (Lipinski definition) is 3. The first-order valence-electron chi connectivity index (χ1n) is 8.22. The maximum atomic E-state index is 13.8. The zero-order chi connectivity index (χ0) is 17.3. The third-order valence-corrected chi connectivity index (χ3v) is 4.22. The molecule has 1 atom stereocenters. The van der Waals surface area contributed by atoms with Crippen molar-refractivity contribution in [1.82, 2.24) is 15.1 Å². The van der Waals surface area contributed by atoms with E-state index in [1.54, 1.807) is 18.3 Å². The van der Waals surface area contributed by atoms with E-state index in [0.717, 1.165) is 12.2 Å². The summed E-state index contributed by atoms with van der Waals surface area (Å²) in [4.78, 5) is 12.6. The lowest BCUT2D eigenvalue weighted by Gasteiger charge is -2.26. The Morgan fingerprint density at radius 1 is 1.50 bits per heavy atom. The summed E-state index contributed by atoms with van der Waals surface area (Å²) in [5.74, 6) is 0.100. The van der Waals surface area contributed by atoms with Crippen LogP contribution in [-0.4, -0.2) is 22.3 Å². The second-order valence-electron chi connectivity index (χ2n) is 6.54. The number of amides is 1. The first kappa shape index (κ1) is 16.5. The van der Waals surface area contributed by atoms with Crippen LogP contribution in [0.2, 0.25) is 0 Å². The van der Waals surface area contributed by atoms with Crippen molar-refractivity contribution in [2.45, 2.75) is 39.8 Å². The highest BCUT2D eigenvalue weighted by molar-refractivity contribution is 5.95. The van der Waals surface area contributed by atoms with Gasteiger partial charge in [0.25, 0.3) is 5.91 Å². The Kier molecular flexibility index (Phi) is 4.55. The summed E-state index contributed by atoms with van der Waals surface area (Å²) in [6.07, 6.45) is 2.21. The van der Waals surface area contributed by atoms with Gasteiger partial charge in [-0.2, -0.15) is 5.10 Å². The van der Waals surface area contributed by atoms with Crippen molar-refractivity contribution in [3.05, 3.63) is 47.0 Å². The molecule has 0 saturated carbocycles. The van der Waals surface area contributed by atoms with E-state index in [1.165, 1.54) is 6.07 Å². The maximum absolute atomic E-state index is 13.8. The van der Waals surface area contributed by atoms with Crippen LogP contribution in [0.25, 0.3) is 0 Å². The highest BCUT2D eigenvalue weighted by atomic mass is 19.1. The zero-order valence-corrected chi connectivity index (χ0v) is 14.2. The molecule has 0 saturated heterocycles. The van der Waals surface area contributed by atoms with Crippen LogP contribution in [0, 0.1) is 18.7 Å². The van der Waals surface area contributed by atoms with Gasteiger partial charge >= 0.3 is 0 Å². The lowest BCUT2D eigenvalue weighted by atomic mass is 10.00. The lowest BCUT2D eigenvalue weighted by Crippen LogP contribution is -2.32. The normalized spacial score (nSPS) is 16.6. The van der Waals surface area contributed by atoms with Gasteiger partial charge in [-0.1, -0.05) is 26.0 Å². The average molecular weight is 331 g/mol. The number of halogens is 1. The van der Waals surface area contributed by atoms with Crippen LogP contribution in [-0.2, 0) is 6.54 Å². The number of carbonyl (C=O) groups is 1. The van der Waals surface area contributed by atoms with Crippen molar-refractivity contribution in [1.29, 1.82) is 0 Å². The third kappa shape index (κ3) is 3.13. The fraction of sp³-hybridized carbons (Fsp3) is 0.444. The predicted octanol–water partition coefficient (Wildman–Crippen LogP) is 3.24. The van der Waals surface area contributed by atoms with Gasteiger partial charge in [0, 0.05) is 24.2 Å². The van der Waals surface area contributed by atoms with Crippen molar-refractivity contribution in [2.75, 3.05) is 6.61 Å². The molecule has 1 unspecified atom stereocenters. The molecule has 24 heavy (non-hydrogen) atoms. The number of nitrogens with one attached hydrogen (secondary N) is 1. The zero-order valence-electron chi connectivity index (χ0n) is 14.2. The van der Waals surface area contributed by atoms with Crippen LogP contribution < -0.4 is 10.1 Å². The summed E-state index contributed by atoms with van der Waals surface area (Å²) < 4.78 is 21.1. The smallest absolute Gasteiger partial charge is 0.255 e. The summed E-state index contributed by atoms with van der Waals surface area (Å²) in [6, 6.07) is 4.53. The quantitative estimate of drug-likeness (QED) is 0.936. The number of carbonyl (C=O) groups excluding carboxylic acids is 1. The van der Waals surface area contributed by atoms with Gasteiger partial charge in [0.05, 0.1) is 24.4 Å². The van der Waals surface area contributed by atoms with Crippen molar-refractivity contribution >= 4 is 5.91 Å². The van der Waals surface area contributed by atoms with Gasteiger partial charge in [-0.15, -0.1) is 0 Å². The Hall–Kier alpha value is -2.37. The van der Waals surface area contributed by atoms with Crippen molar-refractivity contribution in [2.24, 2.45) is 5.92 Å². The number of rotatable bonds is 4. The number of hydrogen-bond donors (Lipinski definition) is 1. The molecule has 0 radical (unpaired) electrons. The van der Waals surface area contributed by atoms with E-state index in [9.17, 15) is 9.18 Å². The molecule has 0 aliphatic carbocycles. The van der Waals surface area contributed by atoms with Crippen molar-refractivity contribution in [3.8, 4) is 5.75 Å². The van der Waals surface area contributed by atoms with Gasteiger partial charge in [0.2, 0.25) is 0 Å². The molecule has 1 aromatic carbocycles. The number of fused-ring (bicyclic) bond motifs is 1. The fourth-order valence-corrected chi connectivity index (χ4v) is 2.97. The molecule has 2 heterocycles. The van der Waals surface area contributed by atoms with Crippen LogP contribution >= 0.6 is 0 Å². The van der Waals surface area contributed by atoms with E-state index in [2.05, 4.69) is 24.3 Å². The molecule has 5 nitrogen and oxygen atoms in total. The van der Waals surface area contributed by atoms with E-state index in [4.69, 9.17) is 4.74 Å². The summed E-state index contributed by atoms with van der Waals surface area (Å²) in [5, 5.41) is 7.29.